The highest BCUT2D eigenvalue weighted by Crippen LogP contribution is 2.26. The number of pyridine rings is 4. The average Bonchev–Trinajstić information content (AvgIpc) is 2.82. The quantitative estimate of drug-likeness (QED) is 0.357. The van der Waals surface area contributed by atoms with Gasteiger partial charge >= 0.3 is 0 Å². The molecule has 7 nitrogen and oxygen atoms in total. The number of rotatable bonds is 5. The molecule has 0 saturated carbocycles. The van der Waals surface area contributed by atoms with Gasteiger partial charge in [0.25, 0.3) is 11.1 Å². The van der Waals surface area contributed by atoms with Crippen molar-refractivity contribution in [1.82, 2.24) is 19.1 Å². The van der Waals surface area contributed by atoms with E-state index in [9.17, 15) is 18.4 Å². The van der Waals surface area contributed by atoms with Gasteiger partial charge in [-0.3, -0.25) is 23.7 Å². The largest absolute Gasteiger partial charge is 0.485 e. The van der Waals surface area contributed by atoms with E-state index in [4.69, 9.17) is 16.3 Å². The van der Waals surface area contributed by atoms with E-state index in [1.165, 1.54) is 15.2 Å². The normalized spacial score (nSPS) is 11.6. The predicted octanol–water partition coefficient (Wildman–Crippen LogP) is 5.20. The van der Waals surface area contributed by atoms with Gasteiger partial charge in [0.2, 0.25) is 0 Å². The molecule has 4 aromatic rings. The second-order valence-corrected chi connectivity index (χ2v) is 10.0. The Hall–Kier alpha value is -3.85. The number of aryl methyl sites for hydroxylation is 2. The fourth-order valence-electron chi connectivity index (χ4n) is 3.90. The van der Waals surface area contributed by atoms with Gasteiger partial charge in [-0.1, -0.05) is 38.4 Å². The maximum atomic E-state index is 13.9. The molecule has 0 aliphatic heterocycles. The fourth-order valence-corrected chi connectivity index (χ4v) is 4.10. The van der Waals surface area contributed by atoms with Gasteiger partial charge in [0, 0.05) is 41.9 Å². The SMILES string of the molecule is Cc1cnc(-n2cccc(C(C)(C)C)c2=O)cc1-n1c(C)cc(OCc2ncc(F)cc2F)c(Cl)c1=O. The molecule has 0 unspecified atom stereocenters. The standard InChI is InChI=1S/C27H25ClF2N4O3/c1-15-12-32-23(33-8-6-7-18(25(33)35)27(3,4)5)11-21(15)34-16(2)9-22(24(28)26(34)36)37-14-20-19(30)10-17(29)13-31-20/h6-13H,14H2,1-5H3. The van der Waals surface area contributed by atoms with Crippen molar-refractivity contribution in [3.8, 4) is 17.3 Å². The highest BCUT2D eigenvalue weighted by atomic mass is 35.5. The van der Waals surface area contributed by atoms with Crippen molar-refractivity contribution < 1.29 is 13.5 Å². The van der Waals surface area contributed by atoms with Crippen molar-refractivity contribution in [3.05, 3.63) is 109 Å². The number of hydrogen-bond donors (Lipinski definition) is 0. The van der Waals surface area contributed by atoms with Gasteiger partial charge in [-0.25, -0.2) is 13.8 Å². The molecule has 37 heavy (non-hydrogen) atoms. The minimum Gasteiger partial charge on any atom is -0.485 e. The van der Waals surface area contributed by atoms with Gasteiger partial charge in [-0.15, -0.1) is 0 Å². The second-order valence-electron chi connectivity index (χ2n) is 9.65. The Morgan fingerprint density at radius 1 is 1.03 bits per heavy atom. The summed E-state index contributed by atoms with van der Waals surface area (Å²) in [6, 6.07) is 7.45. The summed E-state index contributed by atoms with van der Waals surface area (Å²) in [5, 5.41) is -0.224. The molecule has 0 aliphatic carbocycles. The monoisotopic (exact) mass is 526 g/mol. The molecule has 0 saturated heterocycles. The molecule has 0 aliphatic rings. The van der Waals surface area contributed by atoms with Crippen LogP contribution in [0.25, 0.3) is 11.5 Å². The Labute approximate surface area is 217 Å². The summed E-state index contributed by atoms with van der Waals surface area (Å²) in [5.41, 5.74) is 1.01. The summed E-state index contributed by atoms with van der Waals surface area (Å²) in [5.74, 6) is -1.30. The third-order valence-corrected chi connectivity index (χ3v) is 6.20. The summed E-state index contributed by atoms with van der Waals surface area (Å²) >= 11 is 6.35. The van der Waals surface area contributed by atoms with Crippen molar-refractivity contribution in [2.24, 2.45) is 0 Å². The number of halogens is 3. The van der Waals surface area contributed by atoms with Gasteiger partial charge in [0.05, 0.1) is 11.9 Å². The summed E-state index contributed by atoms with van der Waals surface area (Å²) in [4.78, 5) is 34.6. The van der Waals surface area contributed by atoms with Crippen LogP contribution in [0, 0.1) is 25.5 Å². The molecular weight excluding hydrogens is 502 g/mol. The number of aromatic nitrogens is 4. The van der Waals surface area contributed by atoms with Crippen molar-refractivity contribution in [2.45, 2.75) is 46.6 Å². The van der Waals surface area contributed by atoms with Gasteiger partial charge in [-0.2, -0.15) is 0 Å². The second kappa shape index (κ2) is 9.89. The molecule has 0 amide bonds. The van der Waals surface area contributed by atoms with Crippen molar-refractivity contribution >= 4 is 11.6 Å². The lowest BCUT2D eigenvalue weighted by atomic mass is 9.88. The van der Waals surface area contributed by atoms with Crippen LogP contribution in [-0.2, 0) is 12.0 Å². The Morgan fingerprint density at radius 2 is 1.76 bits per heavy atom. The van der Waals surface area contributed by atoms with E-state index in [2.05, 4.69) is 9.97 Å². The Kier molecular flexibility index (Phi) is 7.01. The Bertz CT molecular complexity index is 1620. The summed E-state index contributed by atoms with van der Waals surface area (Å²) in [6.45, 7) is 8.99. The molecule has 0 bridgehead atoms. The maximum Gasteiger partial charge on any atom is 0.277 e. The molecule has 192 valence electrons. The molecular formula is C27H25ClF2N4O3. The van der Waals surface area contributed by atoms with E-state index >= 15 is 0 Å². The fraction of sp³-hybridized carbons (Fsp3) is 0.259. The van der Waals surface area contributed by atoms with Crippen LogP contribution in [0.4, 0.5) is 8.78 Å². The van der Waals surface area contributed by atoms with E-state index in [-0.39, 0.29) is 34.0 Å². The van der Waals surface area contributed by atoms with Crippen LogP contribution in [0.2, 0.25) is 5.02 Å². The lowest BCUT2D eigenvalue weighted by Crippen LogP contribution is -2.29. The lowest BCUT2D eigenvalue weighted by molar-refractivity contribution is 0.292. The highest BCUT2D eigenvalue weighted by Gasteiger charge is 2.21. The molecule has 4 aromatic heterocycles. The van der Waals surface area contributed by atoms with Crippen LogP contribution >= 0.6 is 11.6 Å². The number of hydrogen-bond acceptors (Lipinski definition) is 5. The van der Waals surface area contributed by atoms with Crippen molar-refractivity contribution in [1.29, 1.82) is 0 Å². The summed E-state index contributed by atoms with van der Waals surface area (Å²) in [7, 11) is 0. The van der Waals surface area contributed by atoms with E-state index < -0.39 is 17.2 Å². The number of ether oxygens (including phenoxy) is 1. The number of nitrogens with zero attached hydrogens (tertiary/aromatic N) is 4. The first kappa shape index (κ1) is 26.2. The average molecular weight is 527 g/mol. The molecule has 0 fully saturated rings. The molecule has 0 atom stereocenters. The molecule has 10 heteroatoms. The lowest BCUT2D eigenvalue weighted by Gasteiger charge is -2.20. The third kappa shape index (κ3) is 5.17. The highest BCUT2D eigenvalue weighted by molar-refractivity contribution is 6.31. The zero-order valence-corrected chi connectivity index (χ0v) is 21.7. The van der Waals surface area contributed by atoms with Gasteiger partial charge in [0.15, 0.2) is 5.82 Å². The van der Waals surface area contributed by atoms with E-state index in [0.29, 0.717) is 34.4 Å². The van der Waals surface area contributed by atoms with Crippen LogP contribution in [0.1, 0.15) is 43.3 Å². The molecule has 4 heterocycles. The minimum atomic E-state index is -0.869. The summed E-state index contributed by atoms with van der Waals surface area (Å²) < 4.78 is 35.4. The Balaban J connectivity index is 1.76. The van der Waals surface area contributed by atoms with Gasteiger partial charge in [-0.05, 0) is 30.9 Å². The maximum absolute atomic E-state index is 13.9. The van der Waals surface area contributed by atoms with Gasteiger partial charge in [0.1, 0.15) is 34.7 Å². The zero-order valence-electron chi connectivity index (χ0n) is 21.0. The summed E-state index contributed by atoms with van der Waals surface area (Å²) in [6.07, 6.45) is 4.08. The van der Waals surface area contributed by atoms with E-state index in [1.807, 2.05) is 20.8 Å². The minimum absolute atomic E-state index is 0.0342. The van der Waals surface area contributed by atoms with Crippen LogP contribution in [0.3, 0.4) is 0 Å². The third-order valence-electron chi connectivity index (χ3n) is 5.85. The molecule has 0 radical (unpaired) electrons. The van der Waals surface area contributed by atoms with Crippen LogP contribution in [0.15, 0.2) is 58.5 Å². The topological polar surface area (TPSA) is 79.0 Å². The van der Waals surface area contributed by atoms with Crippen LogP contribution in [-0.4, -0.2) is 19.1 Å². The zero-order chi connectivity index (χ0) is 27.1. The van der Waals surface area contributed by atoms with Gasteiger partial charge < -0.3 is 4.74 Å². The first-order chi connectivity index (χ1) is 17.4. The van der Waals surface area contributed by atoms with E-state index in [0.717, 1.165) is 6.20 Å². The first-order valence-corrected chi connectivity index (χ1v) is 11.8. The smallest absolute Gasteiger partial charge is 0.277 e. The van der Waals surface area contributed by atoms with Crippen molar-refractivity contribution in [3.63, 3.8) is 0 Å². The molecule has 4 rings (SSSR count). The molecule has 0 spiro atoms. The predicted molar refractivity (Wildman–Crippen MR) is 137 cm³/mol. The van der Waals surface area contributed by atoms with E-state index in [1.54, 1.807) is 44.4 Å². The van der Waals surface area contributed by atoms with Crippen LogP contribution in [0.5, 0.6) is 5.75 Å². The Morgan fingerprint density at radius 3 is 2.43 bits per heavy atom. The first-order valence-electron chi connectivity index (χ1n) is 11.4. The van der Waals surface area contributed by atoms with Crippen molar-refractivity contribution in [2.75, 3.05) is 0 Å². The van der Waals surface area contributed by atoms with Crippen LogP contribution < -0.4 is 15.9 Å². The molecule has 0 N–H and O–H groups in total. The molecule has 0 aromatic carbocycles.